The summed E-state index contributed by atoms with van der Waals surface area (Å²) in [6.07, 6.45) is 6.42. The Balaban J connectivity index is 1.60. The van der Waals surface area contributed by atoms with Gasteiger partial charge in [-0.15, -0.1) is 0 Å². The van der Waals surface area contributed by atoms with Crippen molar-refractivity contribution < 1.29 is 13.2 Å². The molecule has 25 heavy (non-hydrogen) atoms. The van der Waals surface area contributed by atoms with Crippen LogP contribution in [0.15, 0.2) is 29.2 Å². The molecule has 7 heteroatoms. The fraction of sp³-hybridized carbons (Fsp3) is 0.611. The quantitative estimate of drug-likeness (QED) is 0.831. The molecule has 3 N–H and O–H groups in total. The lowest BCUT2D eigenvalue weighted by molar-refractivity contribution is -0.127. The average molecular weight is 365 g/mol. The molecule has 1 aromatic rings. The Morgan fingerprint density at radius 2 is 1.64 bits per heavy atom. The van der Waals surface area contributed by atoms with Gasteiger partial charge in [0.25, 0.3) is 0 Å². The van der Waals surface area contributed by atoms with Crippen LogP contribution in [0.2, 0.25) is 0 Å². The molecule has 0 unspecified atom stereocenters. The summed E-state index contributed by atoms with van der Waals surface area (Å²) in [6.45, 7) is 1.55. The third-order valence-electron chi connectivity index (χ3n) is 5.28. The van der Waals surface area contributed by atoms with E-state index in [4.69, 9.17) is 5.73 Å². The molecule has 0 bridgehead atoms. The third-order valence-corrected chi connectivity index (χ3v) is 7.19. The summed E-state index contributed by atoms with van der Waals surface area (Å²) in [5.41, 5.74) is 6.34. The third kappa shape index (κ3) is 4.04. The van der Waals surface area contributed by atoms with Crippen molar-refractivity contribution in [3.63, 3.8) is 0 Å². The number of rotatable bonds is 5. The van der Waals surface area contributed by atoms with Crippen LogP contribution in [0, 0.1) is 0 Å². The summed E-state index contributed by atoms with van der Waals surface area (Å²) < 4.78 is 26.5. The van der Waals surface area contributed by atoms with E-state index in [1.807, 2.05) is 0 Å². The van der Waals surface area contributed by atoms with E-state index in [1.165, 1.54) is 4.31 Å². The van der Waals surface area contributed by atoms with Gasteiger partial charge in [-0.3, -0.25) is 4.79 Å². The monoisotopic (exact) mass is 365 g/mol. The number of benzene rings is 1. The Morgan fingerprint density at radius 3 is 2.24 bits per heavy atom. The van der Waals surface area contributed by atoms with Crippen LogP contribution in [0.1, 0.15) is 50.5 Å². The van der Waals surface area contributed by atoms with Gasteiger partial charge in [0.05, 0.1) is 10.4 Å². The van der Waals surface area contributed by atoms with Gasteiger partial charge >= 0.3 is 0 Å². The first kappa shape index (κ1) is 18.4. The molecule has 1 heterocycles. The van der Waals surface area contributed by atoms with Gasteiger partial charge in [0.15, 0.2) is 0 Å². The van der Waals surface area contributed by atoms with Crippen LogP contribution < -0.4 is 11.1 Å². The standard InChI is InChI=1S/C18H27N3O3S/c19-18(10-2-1-3-11-18)17(22)20-14-15-6-8-16(9-7-15)25(23,24)21-12-4-5-13-21/h6-9H,1-5,10-14,19H2,(H,20,22). The highest BCUT2D eigenvalue weighted by molar-refractivity contribution is 7.89. The van der Waals surface area contributed by atoms with Crippen molar-refractivity contribution in [1.82, 2.24) is 9.62 Å². The minimum atomic E-state index is -3.39. The first-order chi connectivity index (χ1) is 11.9. The fourth-order valence-electron chi connectivity index (χ4n) is 3.62. The smallest absolute Gasteiger partial charge is 0.243 e. The van der Waals surface area contributed by atoms with E-state index in [1.54, 1.807) is 24.3 Å². The molecule has 0 radical (unpaired) electrons. The molecule has 1 aliphatic carbocycles. The van der Waals surface area contributed by atoms with E-state index >= 15 is 0 Å². The highest BCUT2D eigenvalue weighted by Crippen LogP contribution is 2.26. The maximum atomic E-state index is 12.5. The minimum absolute atomic E-state index is 0.110. The molecule has 2 fully saturated rings. The summed E-state index contributed by atoms with van der Waals surface area (Å²) in [6, 6.07) is 6.75. The Hall–Kier alpha value is -1.44. The van der Waals surface area contributed by atoms with Crippen molar-refractivity contribution in [3.8, 4) is 0 Å². The molecule has 0 spiro atoms. The van der Waals surface area contributed by atoms with Gasteiger partial charge in [0.2, 0.25) is 15.9 Å². The molecule has 138 valence electrons. The second kappa shape index (κ2) is 7.43. The zero-order valence-corrected chi connectivity index (χ0v) is 15.4. The van der Waals surface area contributed by atoms with E-state index < -0.39 is 15.6 Å². The number of amides is 1. The van der Waals surface area contributed by atoms with Gasteiger partial charge in [0.1, 0.15) is 0 Å². The van der Waals surface area contributed by atoms with Gasteiger partial charge in [-0.05, 0) is 43.4 Å². The number of carbonyl (C=O) groups is 1. The normalized spacial score (nSPS) is 21.2. The maximum Gasteiger partial charge on any atom is 0.243 e. The van der Waals surface area contributed by atoms with Gasteiger partial charge < -0.3 is 11.1 Å². The minimum Gasteiger partial charge on any atom is -0.350 e. The van der Waals surface area contributed by atoms with Crippen LogP contribution in [-0.2, 0) is 21.4 Å². The molecule has 1 amide bonds. The summed E-state index contributed by atoms with van der Waals surface area (Å²) >= 11 is 0. The van der Waals surface area contributed by atoms with Crippen molar-refractivity contribution >= 4 is 15.9 Å². The van der Waals surface area contributed by atoms with Crippen LogP contribution in [0.4, 0.5) is 0 Å². The van der Waals surface area contributed by atoms with Crippen LogP contribution in [0.5, 0.6) is 0 Å². The first-order valence-electron chi connectivity index (χ1n) is 9.08. The Bertz CT molecular complexity index is 704. The number of hydrogen-bond acceptors (Lipinski definition) is 4. The lowest BCUT2D eigenvalue weighted by atomic mass is 9.82. The lowest BCUT2D eigenvalue weighted by Crippen LogP contribution is -2.54. The summed E-state index contributed by atoms with van der Waals surface area (Å²) in [5, 5.41) is 2.90. The van der Waals surface area contributed by atoms with E-state index in [0.717, 1.165) is 50.5 Å². The van der Waals surface area contributed by atoms with Gasteiger partial charge in [-0.25, -0.2) is 8.42 Å². The number of hydrogen-bond donors (Lipinski definition) is 2. The van der Waals surface area contributed by atoms with Gasteiger partial charge in [-0.1, -0.05) is 31.4 Å². The second-order valence-electron chi connectivity index (χ2n) is 7.15. The van der Waals surface area contributed by atoms with E-state index in [9.17, 15) is 13.2 Å². The van der Waals surface area contributed by atoms with Crippen LogP contribution in [0.3, 0.4) is 0 Å². The van der Waals surface area contributed by atoms with Gasteiger partial charge in [-0.2, -0.15) is 4.31 Å². The molecular weight excluding hydrogens is 338 g/mol. The Morgan fingerprint density at radius 1 is 1.04 bits per heavy atom. The highest BCUT2D eigenvalue weighted by Gasteiger charge is 2.35. The number of nitrogens with two attached hydrogens (primary N) is 1. The van der Waals surface area contributed by atoms with E-state index in [-0.39, 0.29) is 5.91 Å². The second-order valence-corrected chi connectivity index (χ2v) is 9.09. The predicted octanol–water partition coefficient (Wildman–Crippen LogP) is 1.75. The van der Waals surface area contributed by atoms with Crippen LogP contribution >= 0.6 is 0 Å². The lowest BCUT2D eigenvalue weighted by Gasteiger charge is -2.31. The largest absolute Gasteiger partial charge is 0.350 e. The van der Waals surface area contributed by atoms with E-state index in [0.29, 0.717) is 24.5 Å². The zero-order valence-electron chi connectivity index (χ0n) is 14.5. The fourth-order valence-corrected chi connectivity index (χ4v) is 5.14. The molecule has 0 atom stereocenters. The average Bonchev–Trinajstić information content (AvgIpc) is 3.16. The molecular formula is C18H27N3O3S. The van der Waals surface area contributed by atoms with E-state index in [2.05, 4.69) is 5.32 Å². The summed E-state index contributed by atoms with van der Waals surface area (Å²) in [5.74, 6) is -0.110. The van der Waals surface area contributed by atoms with Crippen molar-refractivity contribution in [2.24, 2.45) is 5.73 Å². The maximum absolute atomic E-state index is 12.5. The number of sulfonamides is 1. The number of nitrogens with zero attached hydrogens (tertiary/aromatic N) is 1. The molecule has 1 saturated carbocycles. The van der Waals surface area contributed by atoms with Crippen molar-refractivity contribution in [2.45, 2.75) is 61.9 Å². The molecule has 6 nitrogen and oxygen atoms in total. The Kier molecular flexibility index (Phi) is 5.46. The van der Waals surface area contributed by atoms with Crippen molar-refractivity contribution in [3.05, 3.63) is 29.8 Å². The van der Waals surface area contributed by atoms with Crippen LogP contribution in [-0.4, -0.2) is 37.3 Å². The molecule has 2 aliphatic rings. The molecule has 1 saturated heterocycles. The Labute approximate surface area is 149 Å². The summed E-state index contributed by atoms with van der Waals surface area (Å²) in [4.78, 5) is 12.7. The number of nitrogens with one attached hydrogen (secondary N) is 1. The van der Waals surface area contributed by atoms with Crippen LogP contribution in [0.25, 0.3) is 0 Å². The number of carbonyl (C=O) groups excluding carboxylic acids is 1. The molecule has 3 rings (SSSR count). The van der Waals surface area contributed by atoms with Crippen molar-refractivity contribution in [2.75, 3.05) is 13.1 Å². The topological polar surface area (TPSA) is 92.5 Å². The molecule has 1 aliphatic heterocycles. The predicted molar refractivity (Wildman–Crippen MR) is 96.3 cm³/mol. The first-order valence-corrected chi connectivity index (χ1v) is 10.5. The SMILES string of the molecule is NC1(C(=O)NCc2ccc(S(=O)(=O)N3CCCC3)cc2)CCCCC1. The summed E-state index contributed by atoms with van der Waals surface area (Å²) in [7, 11) is -3.39. The zero-order chi connectivity index (χ0) is 17.9. The molecule has 0 aromatic heterocycles. The van der Waals surface area contributed by atoms with Crippen molar-refractivity contribution in [1.29, 1.82) is 0 Å². The molecule has 1 aromatic carbocycles. The highest BCUT2D eigenvalue weighted by atomic mass is 32.2. The van der Waals surface area contributed by atoms with Gasteiger partial charge in [0, 0.05) is 19.6 Å².